The summed E-state index contributed by atoms with van der Waals surface area (Å²) in [5.41, 5.74) is 6.60. The Hall–Kier alpha value is -3.12. The Kier molecular flexibility index (Phi) is 5.58. The van der Waals surface area contributed by atoms with Gasteiger partial charge in [-0.3, -0.25) is 9.89 Å². The molecular formula is C25H29N3O3. The van der Waals surface area contributed by atoms with Gasteiger partial charge in [0.2, 0.25) is 0 Å². The molecule has 0 spiro atoms. The van der Waals surface area contributed by atoms with Crippen molar-refractivity contribution in [3.63, 3.8) is 0 Å². The van der Waals surface area contributed by atoms with Crippen LogP contribution in [0.15, 0.2) is 36.4 Å². The fraction of sp³-hybridized carbons (Fsp3) is 0.360. The molecule has 1 amide bonds. The van der Waals surface area contributed by atoms with E-state index in [1.54, 1.807) is 7.11 Å². The molecule has 1 aromatic heterocycles. The van der Waals surface area contributed by atoms with E-state index in [4.69, 9.17) is 4.74 Å². The van der Waals surface area contributed by atoms with E-state index in [0.29, 0.717) is 36.0 Å². The number of amides is 1. The third kappa shape index (κ3) is 3.61. The van der Waals surface area contributed by atoms with Crippen molar-refractivity contribution in [3.05, 3.63) is 69.9 Å². The number of hydrogen-bond donors (Lipinski definition) is 2. The van der Waals surface area contributed by atoms with Gasteiger partial charge in [0.05, 0.1) is 12.6 Å². The number of rotatable bonds is 6. The van der Waals surface area contributed by atoms with E-state index in [9.17, 15) is 9.90 Å². The minimum atomic E-state index is -0.298. The molecule has 3 aromatic rings. The second-order valence-electron chi connectivity index (χ2n) is 8.55. The zero-order chi connectivity index (χ0) is 22.3. The lowest BCUT2D eigenvalue weighted by molar-refractivity contribution is 0.0677. The number of aromatic nitrogens is 2. The number of aromatic hydroxyl groups is 1. The van der Waals surface area contributed by atoms with Gasteiger partial charge in [-0.25, -0.2) is 0 Å². The number of aryl methyl sites for hydroxylation is 2. The van der Waals surface area contributed by atoms with Crippen LogP contribution in [0.1, 0.15) is 64.1 Å². The molecule has 0 fully saturated rings. The third-order valence-electron chi connectivity index (χ3n) is 6.02. The number of carbonyl (C=O) groups is 1. The second-order valence-corrected chi connectivity index (χ2v) is 8.55. The molecule has 0 bridgehead atoms. The zero-order valence-corrected chi connectivity index (χ0v) is 18.7. The Balaban J connectivity index is 1.88. The first-order chi connectivity index (χ1) is 14.8. The lowest BCUT2D eigenvalue weighted by Crippen LogP contribution is -2.32. The highest BCUT2D eigenvalue weighted by molar-refractivity contribution is 6.00. The number of H-pyrrole nitrogens is 1. The summed E-state index contributed by atoms with van der Waals surface area (Å²) in [4.78, 5) is 15.1. The number of benzene rings is 2. The van der Waals surface area contributed by atoms with Crippen molar-refractivity contribution in [3.8, 4) is 17.0 Å². The predicted molar refractivity (Wildman–Crippen MR) is 120 cm³/mol. The van der Waals surface area contributed by atoms with Gasteiger partial charge < -0.3 is 14.7 Å². The predicted octanol–water partition coefficient (Wildman–Crippen LogP) is 4.71. The van der Waals surface area contributed by atoms with Crippen molar-refractivity contribution >= 4 is 5.91 Å². The number of hydrogen-bond acceptors (Lipinski definition) is 4. The Morgan fingerprint density at radius 2 is 1.90 bits per heavy atom. The van der Waals surface area contributed by atoms with Crippen LogP contribution >= 0.6 is 0 Å². The van der Waals surface area contributed by atoms with E-state index < -0.39 is 0 Å². The first-order valence-electron chi connectivity index (χ1n) is 10.6. The molecule has 6 heteroatoms. The van der Waals surface area contributed by atoms with Crippen molar-refractivity contribution in [2.45, 2.75) is 39.7 Å². The maximum absolute atomic E-state index is 13.3. The minimum absolute atomic E-state index is 0.104. The molecule has 0 saturated heterocycles. The molecule has 2 heterocycles. The molecule has 4 rings (SSSR count). The van der Waals surface area contributed by atoms with Crippen LogP contribution in [0.4, 0.5) is 0 Å². The van der Waals surface area contributed by atoms with Crippen molar-refractivity contribution in [2.24, 2.45) is 0 Å². The smallest absolute Gasteiger partial charge is 0.273 e. The summed E-state index contributed by atoms with van der Waals surface area (Å²) in [6.45, 7) is 9.08. The number of phenols is 1. The van der Waals surface area contributed by atoms with E-state index in [0.717, 1.165) is 22.3 Å². The molecule has 1 unspecified atom stereocenters. The number of nitrogens with zero attached hydrogens (tertiary/aromatic N) is 2. The summed E-state index contributed by atoms with van der Waals surface area (Å²) in [5.74, 6) is 0.514. The quantitative estimate of drug-likeness (QED) is 0.606. The molecule has 2 aromatic carbocycles. The topological polar surface area (TPSA) is 78.5 Å². The summed E-state index contributed by atoms with van der Waals surface area (Å²) < 4.78 is 5.27. The average Bonchev–Trinajstić information content (AvgIpc) is 3.28. The largest absolute Gasteiger partial charge is 0.507 e. The molecule has 31 heavy (non-hydrogen) atoms. The molecule has 1 atom stereocenters. The molecule has 6 nitrogen and oxygen atoms in total. The third-order valence-corrected chi connectivity index (χ3v) is 6.02. The van der Waals surface area contributed by atoms with Gasteiger partial charge in [0, 0.05) is 24.8 Å². The second kappa shape index (κ2) is 8.19. The van der Waals surface area contributed by atoms with E-state index >= 15 is 0 Å². The van der Waals surface area contributed by atoms with Crippen LogP contribution < -0.4 is 0 Å². The van der Waals surface area contributed by atoms with Crippen LogP contribution in [0, 0.1) is 13.8 Å². The van der Waals surface area contributed by atoms with Crippen molar-refractivity contribution in [2.75, 3.05) is 20.3 Å². The number of fused-ring (bicyclic) bond motifs is 1. The monoisotopic (exact) mass is 419 g/mol. The Labute approximate surface area is 182 Å². The standard InChI is InChI=1S/C25H29N3O3/c1-14(2)17-6-8-18(9-7-17)23-20-21(19-13-15(3)12-16(4)24(19)29)26-27-22(20)25(30)28(23)10-11-31-5/h6-9,12-14,23,29H,10-11H2,1-5H3,(H,26,27). The molecule has 1 aliphatic rings. The molecule has 1 aliphatic heterocycles. The number of aromatic amines is 1. The molecular weight excluding hydrogens is 390 g/mol. The number of nitrogens with one attached hydrogen (secondary N) is 1. The highest BCUT2D eigenvalue weighted by atomic mass is 16.5. The SMILES string of the molecule is COCCN1C(=O)c2[nH]nc(-c3cc(C)cc(C)c3O)c2C1c1ccc(C(C)C)cc1. The summed E-state index contributed by atoms with van der Waals surface area (Å²) in [5, 5.41) is 18.2. The summed E-state index contributed by atoms with van der Waals surface area (Å²) >= 11 is 0. The highest BCUT2D eigenvalue weighted by Crippen LogP contribution is 2.45. The van der Waals surface area contributed by atoms with E-state index in [2.05, 4.69) is 48.3 Å². The first-order valence-corrected chi connectivity index (χ1v) is 10.6. The molecule has 162 valence electrons. The van der Waals surface area contributed by atoms with Crippen molar-refractivity contribution < 1.29 is 14.6 Å². The summed E-state index contributed by atoms with van der Waals surface area (Å²) in [7, 11) is 1.63. The van der Waals surface area contributed by atoms with Crippen LogP contribution in [0.2, 0.25) is 0 Å². The Morgan fingerprint density at radius 3 is 2.55 bits per heavy atom. The molecule has 0 radical (unpaired) electrons. The summed E-state index contributed by atoms with van der Waals surface area (Å²) in [6.07, 6.45) is 0. The number of ether oxygens (including phenoxy) is 1. The van der Waals surface area contributed by atoms with Crippen LogP contribution in [0.5, 0.6) is 5.75 Å². The molecule has 2 N–H and O–H groups in total. The van der Waals surface area contributed by atoms with E-state index in [1.165, 1.54) is 5.56 Å². The average molecular weight is 420 g/mol. The number of carbonyl (C=O) groups excluding carboxylic acids is 1. The van der Waals surface area contributed by atoms with Crippen LogP contribution in [-0.4, -0.2) is 46.4 Å². The lowest BCUT2D eigenvalue weighted by atomic mass is 9.92. The number of phenolic OH excluding ortho intramolecular Hbond substituents is 1. The van der Waals surface area contributed by atoms with E-state index in [1.807, 2.05) is 30.9 Å². The van der Waals surface area contributed by atoms with Gasteiger partial charge in [-0.2, -0.15) is 5.10 Å². The maximum atomic E-state index is 13.3. The van der Waals surface area contributed by atoms with Crippen LogP contribution in [-0.2, 0) is 4.74 Å². The maximum Gasteiger partial charge on any atom is 0.273 e. The fourth-order valence-electron chi connectivity index (χ4n) is 4.37. The Morgan fingerprint density at radius 1 is 1.19 bits per heavy atom. The fourth-order valence-corrected chi connectivity index (χ4v) is 4.37. The van der Waals surface area contributed by atoms with Gasteiger partial charge in [-0.05, 0) is 48.1 Å². The van der Waals surface area contributed by atoms with Crippen LogP contribution in [0.3, 0.4) is 0 Å². The van der Waals surface area contributed by atoms with Gasteiger partial charge in [-0.15, -0.1) is 0 Å². The summed E-state index contributed by atoms with van der Waals surface area (Å²) in [6, 6.07) is 12.0. The molecule has 0 saturated carbocycles. The van der Waals surface area contributed by atoms with Gasteiger partial charge in [0.15, 0.2) is 0 Å². The highest BCUT2D eigenvalue weighted by Gasteiger charge is 2.42. The van der Waals surface area contributed by atoms with Gasteiger partial charge in [-0.1, -0.05) is 44.2 Å². The van der Waals surface area contributed by atoms with Gasteiger partial charge in [0.25, 0.3) is 5.91 Å². The first kappa shape index (κ1) is 21.1. The number of methoxy groups -OCH3 is 1. The van der Waals surface area contributed by atoms with Crippen molar-refractivity contribution in [1.82, 2.24) is 15.1 Å². The molecule has 0 aliphatic carbocycles. The normalized spacial score (nSPS) is 15.7. The van der Waals surface area contributed by atoms with Crippen LogP contribution in [0.25, 0.3) is 11.3 Å². The van der Waals surface area contributed by atoms with Crippen molar-refractivity contribution in [1.29, 1.82) is 0 Å². The van der Waals surface area contributed by atoms with Gasteiger partial charge >= 0.3 is 0 Å². The Bertz CT molecular complexity index is 1120. The van der Waals surface area contributed by atoms with E-state index in [-0.39, 0.29) is 17.7 Å². The zero-order valence-electron chi connectivity index (χ0n) is 18.7. The van der Waals surface area contributed by atoms with Gasteiger partial charge in [0.1, 0.15) is 17.1 Å². The lowest BCUT2D eigenvalue weighted by Gasteiger charge is -2.26. The minimum Gasteiger partial charge on any atom is -0.507 e.